The zero-order chi connectivity index (χ0) is 23.1. The van der Waals surface area contributed by atoms with E-state index in [2.05, 4.69) is 20.7 Å². The Labute approximate surface area is 188 Å². The van der Waals surface area contributed by atoms with Gasteiger partial charge in [0.25, 0.3) is 5.91 Å². The van der Waals surface area contributed by atoms with Crippen LogP contribution in [-0.4, -0.2) is 40.1 Å². The summed E-state index contributed by atoms with van der Waals surface area (Å²) in [7, 11) is -2.46. The average molecular weight is 461 g/mol. The van der Waals surface area contributed by atoms with Crippen LogP contribution in [0.1, 0.15) is 43.0 Å². The van der Waals surface area contributed by atoms with E-state index in [4.69, 9.17) is 4.74 Å². The van der Waals surface area contributed by atoms with Gasteiger partial charge >= 0.3 is 6.03 Å². The Morgan fingerprint density at radius 2 is 1.72 bits per heavy atom. The van der Waals surface area contributed by atoms with Crippen LogP contribution in [0.25, 0.3) is 0 Å². The van der Waals surface area contributed by atoms with Crippen molar-refractivity contribution in [3.05, 3.63) is 48.0 Å². The van der Waals surface area contributed by atoms with E-state index < -0.39 is 15.9 Å². The first-order valence-electron chi connectivity index (χ1n) is 10.5. The molecule has 0 heterocycles. The van der Waals surface area contributed by atoms with Gasteiger partial charge in [-0.3, -0.25) is 4.79 Å². The van der Waals surface area contributed by atoms with Gasteiger partial charge in [-0.1, -0.05) is 18.9 Å². The summed E-state index contributed by atoms with van der Waals surface area (Å²) >= 11 is 0. The third-order valence-electron chi connectivity index (χ3n) is 5.11. The highest BCUT2D eigenvalue weighted by molar-refractivity contribution is 7.89. The lowest BCUT2D eigenvalue weighted by atomic mass is 10.2. The van der Waals surface area contributed by atoms with E-state index in [1.54, 1.807) is 24.3 Å². The van der Waals surface area contributed by atoms with E-state index in [-0.39, 0.29) is 28.3 Å². The van der Waals surface area contributed by atoms with Gasteiger partial charge < -0.3 is 20.7 Å². The fourth-order valence-corrected chi connectivity index (χ4v) is 5.07. The van der Waals surface area contributed by atoms with E-state index in [0.29, 0.717) is 17.9 Å². The fourth-order valence-electron chi connectivity index (χ4n) is 3.57. The summed E-state index contributed by atoms with van der Waals surface area (Å²) in [5, 5.41) is 8.02. The summed E-state index contributed by atoms with van der Waals surface area (Å²) < 4.78 is 33.8. The van der Waals surface area contributed by atoms with Gasteiger partial charge in [0.2, 0.25) is 10.0 Å². The Morgan fingerprint density at radius 1 is 1.03 bits per heavy atom. The van der Waals surface area contributed by atoms with Gasteiger partial charge in [-0.15, -0.1) is 0 Å². The Bertz CT molecular complexity index is 1080. The van der Waals surface area contributed by atoms with Crippen molar-refractivity contribution in [2.75, 3.05) is 24.3 Å². The maximum absolute atomic E-state index is 12.9. The van der Waals surface area contributed by atoms with Crippen molar-refractivity contribution < 1.29 is 22.7 Å². The molecule has 9 nitrogen and oxygen atoms in total. The van der Waals surface area contributed by atoms with Crippen LogP contribution in [0.15, 0.2) is 47.4 Å². The first-order chi connectivity index (χ1) is 15.3. The molecular formula is C22H28N4O5S. The second-order valence-corrected chi connectivity index (χ2v) is 9.17. The smallest absolute Gasteiger partial charge is 0.319 e. The third kappa shape index (κ3) is 5.98. The molecular weight excluding hydrogens is 432 g/mol. The lowest BCUT2D eigenvalue weighted by Crippen LogP contribution is -2.33. The molecule has 0 unspecified atom stereocenters. The number of sulfonamides is 1. The third-order valence-corrected chi connectivity index (χ3v) is 6.65. The fraction of sp³-hybridized carbons (Fsp3) is 0.364. The molecule has 0 atom stereocenters. The molecule has 0 spiro atoms. The lowest BCUT2D eigenvalue weighted by molar-refractivity contribution is 0.102. The number of hydrogen-bond acceptors (Lipinski definition) is 5. The first kappa shape index (κ1) is 23.6. The molecule has 1 aliphatic carbocycles. The summed E-state index contributed by atoms with van der Waals surface area (Å²) in [5.74, 6) is -0.319. The van der Waals surface area contributed by atoms with Crippen LogP contribution in [0.4, 0.5) is 16.2 Å². The summed E-state index contributed by atoms with van der Waals surface area (Å²) in [4.78, 5) is 24.4. The summed E-state index contributed by atoms with van der Waals surface area (Å²) in [5.41, 5.74) is 1.13. The molecule has 0 bridgehead atoms. The topological polar surface area (TPSA) is 126 Å². The maximum atomic E-state index is 12.9. The largest absolute Gasteiger partial charge is 0.495 e. The molecule has 172 valence electrons. The number of rotatable bonds is 8. The van der Waals surface area contributed by atoms with Crippen molar-refractivity contribution in [2.45, 2.75) is 43.5 Å². The van der Waals surface area contributed by atoms with Gasteiger partial charge in [0.15, 0.2) is 0 Å². The van der Waals surface area contributed by atoms with Crippen molar-refractivity contribution in [2.24, 2.45) is 0 Å². The SMILES string of the molecule is CCNC(=O)Nc1cccc(NC(=O)c2ccc(OC)c(S(=O)(=O)NC3CCCC3)c2)c1. The minimum Gasteiger partial charge on any atom is -0.495 e. The molecule has 0 aliphatic heterocycles. The number of amides is 3. The summed E-state index contributed by atoms with van der Waals surface area (Å²) in [6.45, 7) is 2.30. The molecule has 1 saturated carbocycles. The highest BCUT2D eigenvalue weighted by Gasteiger charge is 2.26. The number of anilines is 2. The Balaban J connectivity index is 1.79. The minimum absolute atomic E-state index is 0.0776. The van der Waals surface area contributed by atoms with Crippen LogP contribution in [0, 0.1) is 0 Å². The first-order valence-corrected chi connectivity index (χ1v) is 12.0. The zero-order valence-electron chi connectivity index (χ0n) is 18.1. The van der Waals surface area contributed by atoms with Crippen molar-refractivity contribution in [1.82, 2.24) is 10.0 Å². The van der Waals surface area contributed by atoms with Gasteiger partial charge in [-0.2, -0.15) is 0 Å². The molecule has 2 aromatic rings. The zero-order valence-corrected chi connectivity index (χ0v) is 18.9. The minimum atomic E-state index is -3.85. The highest BCUT2D eigenvalue weighted by Crippen LogP contribution is 2.28. The average Bonchev–Trinajstić information content (AvgIpc) is 3.26. The number of ether oxygens (including phenoxy) is 1. The molecule has 3 amide bonds. The quantitative estimate of drug-likeness (QED) is 0.481. The number of hydrogen-bond donors (Lipinski definition) is 4. The van der Waals surface area contributed by atoms with E-state index in [0.717, 1.165) is 25.7 Å². The van der Waals surface area contributed by atoms with Gasteiger partial charge in [-0.25, -0.2) is 17.9 Å². The monoisotopic (exact) mass is 460 g/mol. The Hall–Kier alpha value is -3.11. The molecule has 32 heavy (non-hydrogen) atoms. The summed E-state index contributed by atoms with van der Waals surface area (Å²) in [6.07, 6.45) is 3.56. The predicted molar refractivity (Wildman–Crippen MR) is 123 cm³/mol. The van der Waals surface area contributed by atoms with Gasteiger partial charge in [0, 0.05) is 29.5 Å². The number of methoxy groups -OCH3 is 1. The summed E-state index contributed by atoms with van der Waals surface area (Å²) in [6, 6.07) is 10.5. The second-order valence-electron chi connectivity index (χ2n) is 7.49. The molecule has 10 heteroatoms. The lowest BCUT2D eigenvalue weighted by Gasteiger charge is -2.16. The van der Waals surface area contributed by atoms with Crippen LogP contribution in [0.2, 0.25) is 0 Å². The maximum Gasteiger partial charge on any atom is 0.319 e. The number of carbonyl (C=O) groups is 2. The number of urea groups is 1. The van der Waals surface area contributed by atoms with Crippen LogP contribution < -0.4 is 25.4 Å². The molecule has 0 radical (unpaired) electrons. The Kier molecular flexibility index (Phi) is 7.70. The van der Waals surface area contributed by atoms with Crippen molar-refractivity contribution in [3.63, 3.8) is 0 Å². The molecule has 3 rings (SSSR count). The number of nitrogens with one attached hydrogen (secondary N) is 4. The predicted octanol–water partition coefficient (Wildman–Crippen LogP) is 3.31. The van der Waals surface area contributed by atoms with E-state index in [9.17, 15) is 18.0 Å². The molecule has 0 aromatic heterocycles. The highest BCUT2D eigenvalue weighted by atomic mass is 32.2. The van der Waals surface area contributed by atoms with Crippen LogP contribution >= 0.6 is 0 Å². The molecule has 2 aromatic carbocycles. The number of benzene rings is 2. The van der Waals surface area contributed by atoms with E-state index >= 15 is 0 Å². The Morgan fingerprint density at radius 3 is 2.38 bits per heavy atom. The molecule has 0 saturated heterocycles. The second kappa shape index (κ2) is 10.5. The number of carbonyl (C=O) groups excluding carboxylic acids is 2. The molecule has 1 aliphatic rings. The van der Waals surface area contributed by atoms with Crippen molar-refractivity contribution >= 4 is 33.3 Å². The van der Waals surface area contributed by atoms with Gasteiger partial charge in [-0.05, 0) is 56.2 Å². The van der Waals surface area contributed by atoms with Crippen LogP contribution in [0.3, 0.4) is 0 Å². The normalized spacial score (nSPS) is 14.1. The van der Waals surface area contributed by atoms with E-state index in [1.165, 1.54) is 25.3 Å². The van der Waals surface area contributed by atoms with Crippen LogP contribution in [0.5, 0.6) is 5.75 Å². The van der Waals surface area contributed by atoms with E-state index in [1.807, 2.05) is 6.92 Å². The molecule has 1 fully saturated rings. The van der Waals surface area contributed by atoms with Crippen molar-refractivity contribution in [1.29, 1.82) is 0 Å². The van der Waals surface area contributed by atoms with Gasteiger partial charge in [0.1, 0.15) is 10.6 Å². The standard InChI is InChI=1S/C22H28N4O5S/c1-3-23-22(28)25-18-10-6-9-17(14-18)24-21(27)15-11-12-19(31-2)20(13-15)32(29,30)26-16-7-4-5-8-16/h6,9-14,16,26H,3-5,7-8H2,1-2H3,(H,24,27)(H2,23,25,28). The van der Waals surface area contributed by atoms with Crippen LogP contribution in [-0.2, 0) is 10.0 Å². The van der Waals surface area contributed by atoms with Gasteiger partial charge in [0.05, 0.1) is 7.11 Å². The molecule has 4 N–H and O–H groups in total. The van der Waals surface area contributed by atoms with Crippen molar-refractivity contribution in [3.8, 4) is 5.75 Å².